The number of aromatic nitrogens is 1. The number of hydrogen-bond acceptors (Lipinski definition) is 4. The highest BCUT2D eigenvalue weighted by atomic mass is 28.3. The normalized spacial score (nSPS) is 13.6. The van der Waals surface area contributed by atoms with Gasteiger partial charge >= 0.3 is 5.97 Å². The topological polar surface area (TPSA) is 48.4 Å². The molecule has 1 rings (SSSR count). The Bertz CT molecular complexity index is 521. The van der Waals surface area contributed by atoms with E-state index in [9.17, 15) is 4.79 Å². The third kappa shape index (κ3) is 6.11. The van der Waals surface area contributed by atoms with E-state index in [4.69, 9.17) is 9.16 Å². The number of nitrogens with zero attached hydrogens (tertiary/aromatic N) is 1. The number of carbonyl (C=O) groups excluding carboxylic acids is 1. The molecule has 0 aliphatic carbocycles. The predicted octanol–water partition coefficient (Wildman–Crippen LogP) is 4.01. The number of ether oxygens (including phenoxy) is 1. The van der Waals surface area contributed by atoms with Crippen molar-refractivity contribution in [3.8, 4) is 0 Å². The van der Waals surface area contributed by atoms with Gasteiger partial charge in [0.25, 0.3) is 0 Å². The lowest BCUT2D eigenvalue weighted by Crippen LogP contribution is -2.26. The minimum absolute atomic E-state index is 0.0432. The van der Waals surface area contributed by atoms with Crippen molar-refractivity contribution >= 4 is 21.1 Å². The first-order valence-electron chi connectivity index (χ1n) is 7.52. The van der Waals surface area contributed by atoms with Crippen LogP contribution in [0, 0.1) is 5.41 Å². The Morgan fingerprint density at radius 3 is 2.59 bits per heavy atom. The fourth-order valence-electron chi connectivity index (χ4n) is 1.97. The third-order valence-electron chi connectivity index (χ3n) is 2.88. The van der Waals surface area contributed by atoms with Gasteiger partial charge in [-0.25, -0.2) is 4.79 Å². The van der Waals surface area contributed by atoms with Crippen LogP contribution < -0.4 is 0 Å². The molecule has 0 fully saturated rings. The first-order chi connectivity index (χ1) is 10.2. The standard InChI is InChI=1S/C17H26NO3Si/c1-7-20-15(19)12-11-13-9-8-10-14(18-13)16(17(2,3)4)21-22(5)6/h8-12,16H,7H2,1-6H3/b12-11+. The van der Waals surface area contributed by atoms with Gasteiger partial charge in [-0.1, -0.05) is 26.8 Å². The van der Waals surface area contributed by atoms with Crippen LogP contribution >= 0.6 is 0 Å². The lowest BCUT2D eigenvalue weighted by atomic mass is 9.87. The van der Waals surface area contributed by atoms with E-state index in [1.807, 2.05) is 18.2 Å². The van der Waals surface area contributed by atoms with Crippen molar-refractivity contribution in [2.75, 3.05) is 6.61 Å². The Balaban J connectivity index is 3.00. The Morgan fingerprint density at radius 2 is 2.05 bits per heavy atom. The van der Waals surface area contributed by atoms with E-state index >= 15 is 0 Å². The van der Waals surface area contributed by atoms with Crippen molar-refractivity contribution in [2.45, 2.75) is 46.9 Å². The van der Waals surface area contributed by atoms with E-state index < -0.39 is 9.04 Å². The van der Waals surface area contributed by atoms with Gasteiger partial charge in [-0.05, 0) is 43.6 Å². The second kappa shape index (κ2) is 8.24. The molecular formula is C17H26NO3Si. The average molecular weight is 320 g/mol. The van der Waals surface area contributed by atoms with Gasteiger partial charge in [0.15, 0.2) is 0 Å². The molecule has 22 heavy (non-hydrogen) atoms. The molecule has 1 radical (unpaired) electrons. The zero-order valence-electron chi connectivity index (χ0n) is 14.3. The second-order valence-electron chi connectivity index (χ2n) is 6.34. The molecule has 0 N–H and O–H groups in total. The van der Waals surface area contributed by atoms with Crippen LogP contribution in [0.2, 0.25) is 13.1 Å². The maximum absolute atomic E-state index is 11.4. The third-order valence-corrected chi connectivity index (χ3v) is 3.58. The molecule has 1 atom stereocenters. The summed E-state index contributed by atoms with van der Waals surface area (Å²) in [5, 5.41) is 0. The molecule has 0 aromatic carbocycles. The summed E-state index contributed by atoms with van der Waals surface area (Å²) in [6.07, 6.45) is 3.01. The quantitative estimate of drug-likeness (QED) is 0.451. The molecule has 121 valence electrons. The molecule has 1 aromatic rings. The van der Waals surface area contributed by atoms with Crippen LogP contribution in [0.4, 0.5) is 0 Å². The van der Waals surface area contributed by atoms with Crippen molar-refractivity contribution in [2.24, 2.45) is 5.41 Å². The summed E-state index contributed by atoms with van der Waals surface area (Å²) in [6, 6.07) is 5.78. The smallest absolute Gasteiger partial charge is 0.330 e. The van der Waals surface area contributed by atoms with Crippen LogP contribution in [0.25, 0.3) is 6.08 Å². The summed E-state index contributed by atoms with van der Waals surface area (Å²) in [5.74, 6) is -0.356. The molecule has 0 saturated heterocycles. The Kier molecular flexibility index (Phi) is 6.96. The van der Waals surface area contributed by atoms with Gasteiger partial charge in [0, 0.05) is 6.08 Å². The zero-order valence-corrected chi connectivity index (χ0v) is 15.3. The van der Waals surface area contributed by atoms with Crippen LogP contribution in [0.15, 0.2) is 24.3 Å². The maximum Gasteiger partial charge on any atom is 0.330 e. The van der Waals surface area contributed by atoms with Crippen LogP contribution in [0.1, 0.15) is 45.2 Å². The monoisotopic (exact) mass is 320 g/mol. The number of carbonyl (C=O) groups is 1. The molecule has 4 nitrogen and oxygen atoms in total. The second-order valence-corrected chi connectivity index (χ2v) is 8.40. The molecule has 1 unspecified atom stereocenters. The van der Waals surface area contributed by atoms with Gasteiger partial charge < -0.3 is 9.16 Å². The fraction of sp³-hybridized carbons (Fsp3) is 0.529. The van der Waals surface area contributed by atoms with Crippen LogP contribution in [-0.4, -0.2) is 26.6 Å². The van der Waals surface area contributed by atoms with Gasteiger partial charge in [-0.3, -0.25) is 4.98 Å². The Morgan fingerprint density at radius 1 is 1.36 bits per heavy atom. The van der Waals surface area contributed by atoms with Gasteiger partial charge in [-0.15, -0.1) is 0 Å². The number of rotatable bonds is 6. The predicted molar refractivity (Wildman–Crippen MR) is 90.7 cm³/mol. The summed E-state index contributed by atoms with van der Waals surface area (Å²) in [7, 11) is -0.840. The summed E-state index contributed by atoms with van der Waals surface area (Å²) in [4.78, 5) is 16.0. The molecule has 1 aromatic heterocycles. The molecule has 0 aliphatic heterocycles. The molecule has 0 bridgehead atoms. The molecule has 5 heteroatoms. The van der Waals surface area contributed by atoms with Crippen molar-refractivity contribution in [3.63, 3.8) is 0 Å². The van der Waals surface area contributed by atoms with Crippen LogP contribution in [0.3, 0.4) is 0 Å². The largest absolute Gasteiger partial charge is 0.463 e. The Hall–Kier alpha value is -1.46. The number of hydrogen-bond donors (Lipinski definition) is 0. The van der Waals surface area contributed by atoms with Crippen molar-refractivity contribution in [1.82, 2.24) is 4.98 Å². The highest BCUT2D eigenvalue weighted by Crippen LogP contribution is 2.35. The van der Waals surface area contributed by atoms with Gasteiger partial charge in [0.05, 0.1) is 24.1 Å². The molecular weight excluding hydrogens is 294 g/mol. The van der Waals surface area contributed by atoms with Crippen LogP contribution in [-0.2, 0) is 14.0 Å². The lowest BCUT2D eigenvalue weighted by Gasteiger charge is -2.32. The highest BCUT2D eigenvalue weighted by molar-refractivity contribution is 6.48. The SMILES string of the molecule is CCOC(=O)/C=C/c1cccc(C(O[Si](C)C)C(C)(C)C)n1. The van der Waals surface area contributed by atoms with Crippen LogP contribution in [0.5, 0.6) is 0 Å². The molecule has 0 spiro atoms. The summed E-state index contributed by atoms with van der Waals surface area (Å²) in [5.41, 5.74) is 1.58. The number of esters is 1. The van der Waals surface area contributed by atoms with Gasteiger partial charge in [-0.2, -0.15) is 0 Å². The van der Waals surface area contributed by atoms with E-state index in [1.165, 1.54) is 6.08 Å². The average Bonchev–Trinajstić information content (AvgIpc) is 2.42. The molecule has 0 saturated carbocycles. The van der Waals surface area contributed by atoms with Gasteiger partial charge in [0.1, 0.15) is 0 Å². The van der Waals surface area contributed by atoms with E-state index in [0.29, 0.717) is 6.61 Å². The Labute approximate surface area is 135 Å². The molecule has 0 amide bonds. The maximum atomic E-state index is 11.4. The summed E-state index contributed by atoms with van der Waals surface area (Å²) in [6.45, 7) is 12.8. The van der Waals surface area contributed by atoms with Crippen molar-refractivity contribution < 1.29 is 14.0 Å². The van der Waals surface area contributed by atoms with Crippen molar-refractivity contribution in [1.29, 1.82) is 0 Å². The molecule has 0 aliphatic rings. The lowest BCUT2D eigenvalue weighted by molar-refractivity contribution is -0.137. The van der Waals surface area contributed by atoms with E-state index in [2.05, 4.69) is 38.8 Å². The highest BCUT2D eigenvalue weighted by Gasteiger charge is 2.29. The van der Waals surface area contributed by atoms with E-state index in [-0.39, 0.29) is 17.5 Å². The summed E-state index contributed by atoms with van der Waals surface area (Å²) < 4.78 is 11.0. The minimum atomic E-state index is -0.840. The van der Waals surface area contributed by atoms with Crippen molar-refractivity contribution in [3.05, 3.63) is 35.7 Å². The first kappa shape index (κ1) is 18.6. The van der Waals surface area contributed by atoms with Gasteiger partial charge in [0.2, 0.25) is 9.04 Å². The fourth-order valence-corrected chi connectivity index (χ4v) is 2.91. The van der Waals surface area contributed by atoms with E-state index in [1.54, 1.807) is 13.0 Å². The first-order valence-corrected chi connectivity index (χ1v) is 9.93. The zero-order chi connectivity index (χ0) is 16.8. The summed E-state index contributed by atoms with van der Waals surface area (Å²) >= 11 is 0. The van der Waals surface area contributed by atoms with E-state index in [0.717, 1.165) is 11.4 Å². The number of pyridine rings is 1. The minimum Gasteiger partial charge on any atom is -0.463 e. The molecule has 1 heterocycles.